The molecular formula is C14H9N5OS. The highest BCUT2D eigenvalue weighted by molar-refractivity contribution is 7.21. The van der Waals surface area contributed by atoms with Crippen LogP contribution in [0.1, 0.15) is 9.67 Å². The molecule has 7 heteroatoms. The average Bonchev–Trinajstić information content (AvgIpc) is 2.90. The van der Waals surface area contributed by atoms with E-state index in [-0.39, 0.29) is 5.91 Å². The third-order valence-corrected chi connectivity index (χ3v) is 4.21. The number of carbonyl (C=O) groups excluding carboxylic acids is 1. The van der Waals surface area contributed by atoms with E-state index in [9.17, 15) is 4.79 Å². The largest absolute Gasteiger partial charge is 0.346 e. The number of nitrogens with one attached hydrogen (secondary N) is 2. The second-order valence-corrected chi connectivity index (χ2v) is 5.41. The maximum Gasteiger partial charge on any atom is 0.268 e. The number of hydrogen-bond donors (Lipinski definition) is 2. The Balaban J connectivity index is 1.79. The molecule has 0 spiro atoms. The number of anilines is 2. The van der Waals surface area contributed by atoms with E-state index in [1.165, 1.54) is 11.3 Å². The number of pyridine rings is 2. The predicted octanol–water partition coefficient (Wildman–Crippen LogP) is 3.03. The standard InChI is InChI=1S/C14H9N5OS/c20-13(19-8-1-4-15-5-2-8)12-11-10-9(17-7-18-11)3-6-16-14(10)21-12/h1-7H,(H,17,18)(H,15,19,20). The molecule has 0 fully saturated rings. The van der Waals surface area contributed by atoms with Crippen molar-refractivity contribution in [3.05, 3.63) is 41.7 Å². The molecule has 0 atom stereocenters. The number of rotatable bonds is 2. The SMILES string of the molecule is O=C(Nc1ccncc1)c1sc2nccc3c2c1N=CN3. The van der Waals surface area contributed by atoms with Gasteiger partial charge >= 0.3 is 0 Å². The maximum absolute atomic E-state index is 12.5. The third kappa shape index (κ3) is 1.95. The van der Waals surface area contributed by atoms with Crippen molar-refractivity contribution < 1.29 is 4.79 Å². The number of aliphatic imine (C=N–C) groups is 1. The van der Waals surface area contributed by atoms with Crippen molar-refractivity contribution in [3.63, 3.8) is 0 Å². The Kier molecular flexibility index (Phi) is 2.65. The van der Waals surface area contributed by atoms with Gasteiger partial charge in [0, 0.05) is 24.3 Å². The fourth-order valence-electron chi connectivity index (χ4n) is 2.19. The highest BCUT2D eigenvalue weighted by Crippen LogP contribution is 2.42. The van der Waals surface area contributed by atoms with Gasteiger partial charge < -0.3 is 10.6 Å². The van der Waals surface area contributed by atoms with E-state index in [0.29, 0.717) is 16.3 Å². The van der Waals surface area contributed by atoms with E-state index < -0.39 is 0 Å². The average molecular weight is 295 g/mol. The number of aromatic nitrogens is 2. The van der Waals surface area contributed by atoms with E-state index in [0.717, 1.165) is 15.9 Å². The molecule has 3 aromatic heterocycles. The highest BCUT2D eigenvalue weighted by Gasteiger charge is 2.22. The summed E-state index contributed by atoms with van der Waals surface area (Å²) < 4.78 is 0. The Bertz CT molecular complexity index is 872. The maximum atomic E-state index is 12.5. The van der Waals surface area contributed by atoms with Crippen LogP contribution in [0.2, 0.25) is 0 Å². The van der Waals surface area contributed by atoms with Crippen LogP contribution in [0.25, 0.3) is 10.2 Å². The Morgan fingerprint density at radius 2 is 2.05 bits per heavy atom. The second-order valence-electron chi connectivity index (χ2n) is 4.41. The van der Waals surface area contributed by atoms with E-state index in [4.69, 9.17) is 0 Å². The molecular weight excluding hydrogens is 286 g/mol. The van der Waals surface area contributed by atoms with Crippen molar-refractivity contribution in [2.24, 2.45) is 4.99 Å². The highest BCUT2D eigenvalue weighted by atomic mass is 32.1. The van der Waals surface area contributed by atoms with Gasteiger partial charge in [0.1, 0.15) is 9.71 Å². The zero-order chi connectivity index (χ0) is 14.2. The smallest absolute Gasteiger partial charge is 0.268 e. The molecule has 0 aliphatic carbocycles. The van der Waals surface area contributed by atoms with Crippen molar-refractivity contribution in [3.8, 4) is 0 Å². The van der Waals surface area contributed by atoms with Crippen LogP contribution in [0.3, 0.4) is 0 Å². The van der Waals surface area contributed by atoms with Gasteiger partial charge in [0.05, 0.1) is 23.1 Å². The van der Waals surface area contributed by atoms with Crippen LogP contribution >= 0.6 is 11.3 Å². The number of hydrogen-bond acceptors (Lipinski definition) is 6. The molecule has 1 aliphatic rings. The molecule has 1 amide bonds. The third-order valence-electron chi connectivity index (χ3n) is 3.12. The summed E-state index contributed by atoms with van der Waals surface area (Å²) in [7, 11) is 0. The lowest BCUT2D eigenvalue weighted by Gasteiger charge is -2.08. The molecule has 0 unspecified atom stereocenters. The summed E-state index contributed by atoms with van der Waals surface area (Å²) in [5.74, 6) is -0.191. The molecule has 0 saturated carbocycles. The molecule has 3 aromatic rings. The van der Waals surface area contributed by atoms with E-state index in [2.05, 4.69) is 25.6 Å². The molecule has 4 heterocycles. The Morgan fingerprint density at radius 1 is 1.19 bits per heavy atom. The Morgan fingerprint density at radius 3 is 2.90 bits per heavy atom. The number of amides is 1. The van der Waals surface area contributed by atoms with Crippen LogP contribution in [0.4, 0.5) is 17.1 Å². The fourth-order valence-corrected chi connectivity index (χ4v) is 3.20. The van der Waals surface area contributed by atoms with Gasteiger partial charge in [0.15, 0.2) is 0 Å². The Labute approximate surface area is 123 Å². The van der Waals surface area contributed by atoms with Gasteiger partial charge in [-0.3, -0.25) is 9.78 Å². The molecule has 0 bridgehead atoms. The molecule has 102 valence electrons. The molecule has 0 saturated heterocycles. The minimum atomic E-state index is -0.191. The van der Waals surface area contributed by atoms with Crippen LogP contribution in [-0.2, 0) is 0 Å². The van der Waals surface area contributed by atoms with Crippen molar-refractivity contribution in [2.45, 2.75) is 0 Å². The van der Waals surface area contributed by atoms with Crippen LogP contribution in [0, 0.1) is 0 Å². The van der Waals surface area contributed by atoms with Gasteiger partial charge in [-0.05, 0) is 18.2 Å². The van der Waals surface area contributed by atoms with Gasteiger partial charge in [-0.15, -0.1) is 11.3 Å². The molecule has 1 aliphatic heterocycles. The van der Waals surface area contributed by atoms with Crippen LogP contribution in [0.5, 0.6) is 0 Å². The Hall–Kier alpha value is -2.80. The summed E-state index contributed by atoms with van der Waals surface area (Å²) in [6, 6.07) is 5.35. The van der Waals surface area contributed by atoms with E-state index in [1.807, 2.05) is 6.07 Å². The molecule has 21 heavy (non-hydrogen) atoms. The van der Waals surface area contributed by atoms with E-state index in [1.54, 1.807) is 37.1 Å². The summed E-state index contributed by atoms with van der Waals surface area (Å²) in [4.78, 5) is 26.3. The summed E-state index contributed by atoms with van der Waals surface area (Å²) in [5, 5.41) is 6.80. The minimum absolute atomic E-state index is 0.191. The second kappa shape index (κ2) is 4.64. The van der Waals surface area contributed by atoms with Crippen molar-refractivity contribution in [1.82, 2.24) is 9.97 Å². The monoisotopic (exact) mass is 295 g/mol. The molecule has 2 N–H and O–H groups in total. The zero-order valence-corrected chi connectivity index (χ0v) is 11.5. The molecule has 4 rings (SSSR count). The van der Waals surface area contributed by atoms with Crippen LogP contribution in [-0.4, -0.2) is 22.2 Å². The van der Waals surface area contributed by atoms with Gasteiger partial charge in [0.2, 0.25) is 0 Å². The lowest BCUT2D eigenvalue weighted by Crippen LogP contribution is -2.10. The van der Waals surface area contributed by atoms with Gasteiger partial charge in [0.25, 0.3) is 5.91 Å². The normalized spacial score (nSPS) is 12.2. The minimum Gasteiger partial charge on any atom is -0.346 e. The fraction of sp³-hybridized carbons (Fsp3) is 0. The van der Waals surface area contributed by atoms with Crippen molar-refractivity contribution >= 4 is 50.9 Å². The molecule has 6 nitrogen and oxygen atoms in total. The predicted molar refractivity (Wildman–Crippen MR) is 83.6 cm³/mol. The van der Waals surface area contributed by atoms with Crippen molar-refractivity contribution in [1.29, 1.82) is 0 Å². The number of carbonyl (C=O) groups is 1. The summed E-state index contributed by atoms with van der Waals surface area (Å²) in [6.07, 6.45) is 6.57. The quantitative estimate of drug-likeness (QED) is 0.761. The summed E-state index contributed by atoms with van der Waals surface area (Å²) >= 11 is 1.34. The zero-order valence-electron chi connectivity index (χ0n) is 10.7. The first kappa shape index (κ1) is 12.0. The van der Waals surface area contributed by atoms with E-state index >= 15 is 0 Å². The lowest BCUT2D eigenvalue weighted by atomic mass is 10.2. The topological polar surface area (TPSA) is 79.3 Å². The number of thiophene rings is 1. The van der Waals surface area contributed by atoms with Gasteiger partial charge in [-0.25, -0.2) is 9.98 Å². The first-order valence-electron chi connectivity index (χ1n) is 6.25. The van der Waals surface area contributed by atoms with Crippen LogP contribution < -0.4 is 10.6 Å². The summed E-state index contributed by atoms with van der Waals surface area (Å²) in [6.45, 7) is 0. The van der Waals surface area contributed by atoms with Crippen molar-refractivity contribution in [2.75, 3.05) is 10.6 Å². The molecule has 0 aromatic carbocycles. The first-order chi connectivity index (χ1) is 10.3. The summed E-state index contributed by atoms with van der Waals surface area (Å²) in [5.41, 5.74) is 2.29. The first-order valence-corrected chi connectivity index (χ1v) is 7.06. The number of nitrogens with zero attached hydrogens (tertiary/aromatic N) is 3. The molecule has 0 radical (unpaired) electrons. The lowest BCUT2D eigenvalue weighted by molar-refractivity contribution is 0.103. The van der Waals surface area contributed by atoms with Gasteiger partial charge in [-0.1, -0.05) is 0 Å². The van der Waals surface area contributed by atoms with Crippen LogP contribution in [0.15, 0.2) is 41.8 Å². The van der Waals surface area contributed by atoms with Gasteiger partial charge in [-0.2, -0.15) is 0 Å².